The first-order valence-corrected chi connectivity index (χ1v) is 8.74. The number of hydrogen-bond donors (Lipinski definition) is 2. The maximum Gasteiger partial charge on any atom is 0.191 e. The Morgan fingerprint density at radius 2 is 1.78 bits per heavy atom. The van der Waals surface area contributed by atoms with E-state index in [-0.39, 0.29) is 0 Å². The second-order valence-corrected chi connectivity index (χ2v) is 7.14. The molecule has 0 aliphatic carbocycles. The topological polar surface area (TPSA) is 49.3 Å². The van der Waals surface area contributed by atoms with Gasteiger partial charge in [-0.25, -0.2) is 4.98 Å². The fourth-order valence-corrected chi connectivity index (χ4v) is 3.41. The molecule has 0 atom stereocenters. The van der Waals surface area contributed by atoms with Gasteiger partial charge < -0.3 is 10.6 Å². The summed E-state index contributed by atoms with van der Waals surface area (Å²) in [6, 6.07) is 6.69. The molecule has 2 aromatic rings. The van der Waals surface area contributed by atoms with E-state index in [1.54, 1.807) is 18.4 Å². The molecule has 0 spiro atoms. The van der Waals surface area contributed by atoms with E-state index in [0.29, 0.717) is 6.54 Å². The van der Waals surface area contributed by atoms with E-state index in [2.05, 4.69) is 59.6 Å². The fraction of sp³-hybridized carbons (Fsp3) is 0.444. The van der Waals surface area contributed by atoms with Gasteiger partial charge in [-0.3, -0.25) is 4.99 Å². The molecule has 0 aliphatic heterocycles. The summed E-state index contributed by atoms with van der Waals surface area (Å²) in [5, 5.41) is 7.78. The summed E-state index contributed by atoms with van der Waals surface area (Å²) in [4.78, 5) is 10.1. The second kappa shape index (κ2) is 8.11. The van der Waals surface area contributed by atoms with Crippen molar-refractivity contribution in [2.75, 3.05) is 13.6 Å². The Balaban J connectivity index is 1.81. The van der Waals surface area contributed by atoms with Gasteiger partial charge in [-0.05, 0) is 39.7 Å². The van der Waals surface area contributed by atoms with Gasteiger partial charge in [0.1, 0.15) is 5.01 Å². The summed E-state index contributed by atoms with van der Waals surface area (Å²) in [5.74, 6) is 0.819. The standard InChI is InChI=1S/C18H26N4S/c1-12-8-13(2)10-16(9-12)6-7-20-18(19-5)21-11-17-22-14(3)15(4)23-17/h8-10H,6-7,11H2,1-5H3,(H2,19,20,21). The molecule has 2 rings (SSSR count). The number of hydrogen-bond acceptors (Lipinski definition) is 3. The highest BCUT2D eigenvalue weighted by Crippen LogP contribution is 2.15. The summed E-state index contributed by atoms with van der Waals surface area (Å²) >= 11 is 1.73. The minimum absolute atomic E-state index is 0.711. The lowest BCUT2D eigenvalue weighted by Gasteiger charge is -2.11. The zero-order valence-corrected chi connectivity index (χ0v) is 15.5. The van der Waals surface area contributed by atoms with Crippen LogP contribution in [0.3, 0.4) is 0 Å². The predicted molar refractivity (Wildman–Crippen MR) is 99.4 cm³/mol. The third-order valence-corrected chi connectivity index (χ3v) is 4.76. The lowest BCUT2D eigenvalue weighted by molar-refractivity contribution is 0.790. The van der Waals surface area contributed by atoms with E-state index in [1.165, 1.54) is 21.6 Å². The van der Waals surface area contributed by atoms with Gasteiger partial charge in [0.05, 0.1) is 12.2 Å². The SMILES string of the molecule is CN=C(NCCc1cc(C)cc(C)c1)NCc1nc(C)c(C)s1. The van der Waals surface area contributed by atoms with Crippen LogP contribution in [0.15, 0.2) is 23.2 Å². The molecule has 0 radical (unpaired) electrons. The molecule has 0 unspecified atom stereocenters. The molecule has 1 aromatic heterocycles. The highest BCUT2D eigenvalue weighted by Gasteiger charge is 2.05. The average Bonchev–Trinajstić information content (AvgIpc) is 2.80. The van der Waals surface area contributed by atoms with Gasteiger partial charge in [0.2, 0.25) is 0 Å². The number of thiazole rings is 1. The Labute approximate surface area is 143 Å². The minimum atomic E-state index is 0.711. The monoisotopic (exact) mass is 330 g/mol. The lowest BCUT2D eigenvalue weighted by Crippen LogP contribution is -2.37. The van der Waals surface area contributed by atoms with Gasteiger partial charge >= 0.3 is 0 Å². The number of nitrogens with one attached hydrogen (secondary N) is 2. The number of aliphatic imine (C=N–C) groups is 1. The van der Waals surface area contributed by atoms with E-state index < -0.39 is 0 Å². The van der Waals surface area contributed by atoms with Crippen molar-refractivity contribution in [2.24, 2.45) is 4.99 Å². The van der Waals surface area contributed by atoms with Crippen molar-refractivity contribution in [1.82, 2.24) is 15.6 Å². The Kier molecular flexibility index (Phi) is 6.16. The van der Waals surface area contributed by atoms with Crippen molar-refractivity contribution < 1.29 is 0 Å². The van der Waals surface area contributed by atoms with Crippen LogP contribution in [0.5, 0.6) is 0 Å². The number of guanidine groups is 1. The molecule has 124 valence electrons. The summed E-state index contributed by atoms with van der Waals surface area (Å²) in [5.41, 5.74) is 5.11. The quantitative estimate of drug-likeness (QED) is 0.653. The first kappa shape index (κ1) is 17.5. The number of benzene rings is 1. The normalized spacial score (nSPS) is 11.6. The molecule has 5 heteroatoms. The van der Waals surface area contributed by atoms with Crippen molar-refractivity contribution in [3.63, 3.8) is 0 Å². The first-order chi connectivity index (χ1) is 11.0. The maximum absolute atomic E-state index is 4.54. The number of aryl methyl sites for hydroxylation is 4. The minimum Gasteiger partial charge on any atom is -0.356 e. The largest absolute Gasteiger partial charge is 0.356 e. The van der Waals surface area contributed by atoms with Crippen LogP contribution in [0.4, 0.5) is 0 Å². The van der Waals surface area contributed by atoms with E-state index in [4.69, 9.17) is 0 Å². The summed E-state index contributed by atoms with van der Waals surface area (Å²) in [6.45, 7) is 10.0. The summed E-state index contributed by atoms with van der Waals surface area (Å²) in [6.07, 6.45) is 0.985. The third-order valence-electron chi connectivity index (χ3n) is 3.69. The lowest BCUT2D eigenvalue weighted by atomic mass is 10.1. The number of rotatable bonds is 5. The van der Waals surface area contributed by atoms with Gasteiger partial charge in [0.15, 0.2) is 5.96 Å². The van der Waals surface area contributed by atoms with Crippen LogP contribution in [0.25, 0.3) is 0 Å². The van der Waals surface area contributed by atoms with Crippen molar-refractivity contribution >= 4 is 17.3 Å². The smallest absolute Gasteiger partial charge is 0.191 e. The molecular formula is C18H26N4S. The Bertz CT molecular complexity index is 649. The van der Waals surface area contributed by atoms with Crippen LogP contribution in [0.2, 0.25) is 0 Å². The van der Waals surface area contributed by atoms with Gasteiger partial charge in [-0.15, -0.1) is 11.3 Å². The zero-order valence-electron chi connectivity index (χ0n) is 14.7. The third kappa shape index (κ3) is 5.36. The van der Waals surface area contributed by atoms with Gasteiger partial charge in [-0.1, -0.05) is 29.3 Å². The molecule has 0 aliphatic rings. The van der Waals surface area contributed by atoms with Crippen LogP contribution >= 0.6 is 11.3 Å². The van der Waals surface area contributed by atoms with Crippen LogP contribution in [0, 0.1) is 27.7 Å². The van der Waals surface area contributed by atoms with Gasteiger partial charge in [0.25, 0.3) is 0 Å². The zero-order chi connectivity index (χ0) is 16.8. The Hall–Kier alpha value is -1.88. The van der Waals surface area contributed by atoms with E-state index >= 15 is 0 Å². The predicted octanol–water partition coefficient (Wildman–Crippen LogP) is 3.28. The highest BCUT2D eigenvalue weighted by molar-refractivity contribution is 7.11. The Morgan fingerprint density at radius 1 is 1.09 bits per heavy atom. The number of nitrogens with zero attached hydrogens (tertiary/aromatic N) is 2. The van der Waals surface area contributed by atoms with Crippen LogP contribution in [-0.2, 0) is 13.0 Å². The molecule has 0 amide bonds. The van der Waals surface area contributed by atoms with Crippen molar-refractivity contribution in [3.05, 3.63) is 50.5 Å². The molecule has 1 aromatic carbocycles. The van der Waals surface area contributed by atoms with Crippen LogP contribution in [-0.4, -0.2) is 24.5 Å². The van der Waals surface area contributed by atoms with Crippen molar-refractivity contribution in [1.29, 1.82) is 0 Å². The van der Waals surface area contributed by atoms with E-state index in [1.807, 2.05) is 6.92 Å². The van der Waals surface area contributed by atoms with Crippen LogP contribution < -0.4 is 10.6 Å². The molecule has 2 N–H and O–H groups in total. The highest BCUT2D eigenvalue weighted by atomic mass is 32.1. The second-order valence-electron chi connectivity index (χ2n) is 5.85. The number of aromatic nitrogens is 1. The molecular weight excluding hydrogens is 304 g/mol. The molecule has 4 nitrogen and oxygen atoms in total. The fourth-order valence-electron chi connectivity index (χ4n) is 2.53. The first-order valence-electron chi connectivity index (χ1n) is 7.92. The Morgan fingerprint density at radius 3 is 2.35 bits per heavy atom. The van der Waals surface area contributed by atoms with Gasteiger partial charge in [-0.2, -0.15) is 0 Å². The van der Waals surface area contributed by atoms with Crippen molar-refractivity contribution in [2.45, 2.75) is 40.7 Å². The molecule has 0 bridgehead atoms. The molecule has 1 heterocycles. The summed E-state index contributed by atoms with van der Waals surface area (Å²) in [7, 11) is 1.80. The molecule has 0 fully saturated rings. The van der Waals surface area contributed by atoms with Crippen LogP contribution in [0.1, 0.15) is 32.3 Å². The molecule has 0 saturated carbocycles. The van der Waals surface area contributed by atoms with Crippen molar-refractivity contribution in [3.8, 4) is 0 Å². The maximum atomic E-state index is 4.54. The molecule has 0 saturated heterocycles. The molecule has 23 heavy (non-hydrogen) atoms. The van der Waals surface area contributed by atoms with E-state index in [9.17, 15) is 0 Å². The average molecular weight is 331 g/mol. The summed E-state index contributed by atoms with van der Waals surface area (Å²) < 4.78 is 0. The van der Waals surface area contributed by atoms with Gasteiger partial charge in [0, 0.05) is 18.5 Å². The van der Waals surface area contributed by atoms with E-state index in [0.717, 1.165) is 29.6 Å².